The minimum Gasteiger partial charge on any atom is -0.462 e. The van der Waals surface area contributed by atoms with E-state index in [2.05, 4.69) is 44.7 Å². The molecule has 1 unspecified atom stereocenters. The summed E-state index contributed by atoms with van der Waals surface area (Å²) >= 11 is 0. The average Bonchev–Trinajstić information content (AvgIpc) is 3.00. The predicted molar refractivity (Wildman–Crippen MR) is 178 cm³/mol. The van der Waals surface area contributed by atoms with Crippen molar-refractivity contribution in [3.8, 4) is 0 Å². The SMILES string of the molecule is C=CCCCCCCCC(=O)OCC(COC(=O)CCCCCCC/C=C\CC)OC(=O)CCCCCCC/C=C\CC. The fourth-order valence-electron chi connectivity index (χ4n) is 4.66. The number of hydrogen-bond acceptors (Lipinski definition) is 6. The molecule has 0 aromatic carbocycles. The summed E-state index contributed by atoms with van der Waals surface area (Å²) in [4.78, 5) is 37.1. The van der Waals surface area contributed by atoms with E-state index in [4.69, 9.17) is 14.2 Å². The van der Waals surface area contributed by atoms with Crippen molar-refractivity contribution < 1.29 is 28.6 Å². The third kappa shape index (κ3) is 30.9. The molecule has 0 aromatic heterocycles. The summed E-state index contributed by atoms with van der Waals surface area (Å²) in [5.41, 5.74) is 0. The lowest BCUT2D eigenvalue weighted by atomic mass is 10.1. The Bertz CT molecular complexity index is 741. The molecule has 6 nitrogen and oxygen atoms in total. The van der Waals surface area contributed by atoms with Crippen LogP contribution in [-0.2, 0) is 28.6 Å². The van der Waals surface area contributed by atoms with Crippen molar-refractivity contribution in [2.75, 3.05) is 13.2 Å². The van der Waals surface area contributed by atoms with Crippen molar-refractivity contribution >= 4 is 17.9 Å². The molecule has 0 amide bonds. The van der Waals surface area contributed by atoms with E-state index < -0.39 is 6.10 Å². The first-order valence-corrected chi connectivity index (χ1v) is 17.4. The molecule has 43 heavy (non-hydrogen) atoms. The highest BCUT2D eigenvalue weighted by molar-refractivity contribution is 5.71. The van der Waals surface area contributed by atoms with E-state index in [1.165, 1.54) is 12.8 Å². The first-order valence-electron chi connectivity index (χ1n) is 17.4. The summed E-state index contributed by atoms with van der Waals surface area (Å²) < 4.78 is 16.4. The quantitative estimate of drug-likeness (QED) is 0.0339. The van der Waals surface area contributed by atoms with Crippen LogP contribution in [0.1, 0.15) is 162 Å². The Morgan fingerprint density at radius 2 is 0.884 bits per heavy atom. The van der Waals surface area contributed by atoms with Gasteiger partial charge in [-0.25, -0.2) is 0 Å². The topological polar surface area (TPSA) is 78.9 Å². The van der Waals surface area contributed by atoms with Gasteiger partial charge < -0.3 is 14.2 Å². The van der Waals surface area contributed by atoms with Gasteiger partial charge in [0.1, 0.15) is 13.2 Å². The third-order valence-electron chi connectivity index (χ3n) is 7.26. The van der Waals surface area contributed by atoms with Crippen molar-refractivity contribution in [2.24, 2.45) is 0 Å². The lowest BCUT2D eigenvalue weighted by molar-refractivity contribution is -0.167. The molecule has 0 aliphatic carbocycles. The highest BCUT2D eigenvalue weighted by atomic mass is 16.6. The van der Waals surface area contributed by atoms with Gasteiger partial charge in [0.05, 0.1) is 0 Å². The summed E-state index contributed by atoms with van der Waals surface area (Å²) in [5, 5.41) is 0. The normalized spacial score (nSPS) is 12.0. The number of hydrogen-bond donors (Lipinski definition) is 0. The maximum atomic E-state index is 12.5. The van der Waals surface area contributed by atoms with Gasteiger partial charge >= 0.3 is 17.9 Å². The molecule has 0 aromatic rings. The first-order chi connectivity index (χ1) is 21.0. The van der Waals surface area contributed by atoms with Crippen LogP contribution in [0.3, 0.4) is 0 Å². The Hall–Kier alpha value is -2.37. The van der Waals surface area contributed by atoms with Crippen LogP contribution in [0.4, 0.5) is 0 Å². The molecule has 1 atom stereocenters. The van der Waals surface area contributed by atoms with E-state index in [-0.39, 0.29) is 31.1 Å². The number of carbonyl (C=O) groups is 3. The van der Waals surface area contributed by atoms with Gasteiger partial charge in [0.2, 0.25) is 0 Å². The zero-order valence-corrected chi connectivity index (χ0v) is 27.8. The van der Waals surface area contributed by atoms with Gasteiger partial charge in [-0.2, -0.15) is 0 Å². The highest BCUT2D eigenvalue weighted by Crippen LogP contribution is 2.12. The standard InChI is InChI=1S/C37H64O6/c1-4-7-10-13-16-18-21-24-27-30-36(39)42-33-34(32-41-35(38)29-26-23-20-15-12-9-6-3)43-37(40)31-28-25-22-19-17-14-11-8-5-2/h6-8,10-11,34H,3-5,9,12-33H2,1-2H3/b10-7-,11-8-. The molecular formula is C37H64O6. The molecule has 0 aliphatic rings. The molecule has 0 saturated heterocycles. The van der Waals surface area contributed by atoms with Crippen LogP contribution in [0.25, 0.3) is 0 Å². The molecule has 0 fully saturated rings. The predicted octanol–water partition coefficient (Wildman–Crippen LogP) is 10.3. The van der Waals surface area contributed by atoms with Crippen molar-refractivity contribution in [1.29, 1.82) is 0 Å². The summed E-state index contributed by atoms with van der Waals surface area (Å²) in [7, 11) is 0. The van der Waals surface area contributed by atoms with Crippen LogP contribution in [0.5, 0.6) is 0 Å². The third-order valence-corrected chi connectivity index (χ3v) is 7.26. The number of carbonyl (C=O) groups excluding carboxylic acids is 3. The van der Waals surface area contributed by atoms with Gasteiger partial charge in [0.25, 0.3) is 0 Å². The van der Waals surface area contributed by atoms with Gasteiger partial charge in [-0.05, 0) is 70.6 Å². The van der Waals surface area contributed by atoms with E-state index in [0.717, 1.165) is 116 Å². The van der Waals surface area contributed by atoms with E-state index in [9.17, 15) is 14.4 Å². The Morgan fingerprint density at radius 1 is 0.512 bits per heavy atom. The second kappa shape index (κ2) is 32.5. The van der Waals surface area contributed by atoms with Gasteiger partial charge in [0.15, 0.2) is 6.10 Å². The van der Waals surface area contributed by atoms with E-state index >= 15 is 0 Å². The zero-order valence-electron chi connectivity index (χ0n) is 27.8. The largest absolute Gasteiger partial charge is 0.462 e. The summed E-state index contributed by atoms with van der Waals surface area (Å²) in [6, 6.07) is 0. The molecule has 0 heterocycles. The molecule has 0 bridgehead atoms. The molecule has 0 saturated carbocycles. The Morgan fingerprint density at radius 3 is 1.30 bits per heavy atom. The number of rotatable bonds is 31. The molecule has 0 N–H and O–H groups in total. The number of esters is 3. The van der Waals surface area contributed by atoms with Crippen LogP contribution in [0.15, 0.2) is 37.0 Å². The summed E-state index contributed by atoms with van der Waals surface area (Å²) in [5.74, 6) is -0.947. The Labute approximate surface area is 264 Å². The van der Waals surface area contributed by atoms with Gasteiger partial charge in [0, 0.05) is 19.3 Å². The van der Waals surface area contributed by atoms with Crippen LogP contribution in [-0.4, -0.2) is 37.2 Å². The van der Waals surface area contributed by atoms with E-state index in [0.29, 0.717) is 19.3 Å². The molecule has 0 aliphatic heterocycles. The molecular weight excluding hydrogens is 540 g/mol. The monoisotopic (exact) mass is 604 g/mol. The van der Waals surface area contributed by atoms with Crippen LogP contribution in [0, 0.1) is 0 Å². The second-order valence-electron chi connectivity index (χ2n) is 11.4. The van der Waals surface area contributed by atoms with Crippen molar-refractivity contribution in [2.45, 2.75) is 168 Å². The van der Waals surface area contributed by atoms with Gasteiger partial charge in [-0.15, -0.1) is 6.58 Å². The van der Waals surface area contributed by atoms with E-state index in [1.807, 2.05) is 6.08 Å². The van der Waals surface area contributed by atoms with Crippen molar-refractivity contribution in [3.63, 3.8) is 0 Å². The smallest absolute Gasteiger partial charge is 0.306 e. The van der Waals surface area contributed by atoms with Crippen LogP contribution in [0.2, 0.25) is 0 Å². The van der Waals surface area contributed by atoms with Crippen LogP contribution >= 0.6 is 0 Å². The molecule has 248 valence electrons. The maximum Gasteiger partial charge on any atom is 0.306 e. The number of allylic oxidation sites excluding steroid dienone is 5. The van der Waals surface area contributed by atoms with Gasteiger partial charge in [-0.1, -0.05) is 102 Å². The fourth-order valence-corrected chi connectivity index (χ4v) is 4.66. The Kier molecular flexibility index (Phi) is 30.7. The average molecular weight is 605 g/mol. The van der Waals surface area contributed by atoms with Gasteiger partial charge in [-0.3, -0.25) is 14.4 Å². The fraction of sp³-hybridized carbons (Fsp3) is 0.757. The van der Waals surface area contributed by atoms with Crippen LogP contribution < -0.4 is 0 Å². The highest BCUT2D eigenvalue weighted by Gasteiger charge is 2.19. The maximum absolute atomic E-state index is 12.5. The molecule has 0 rings (SSSR count). The molecule has 0 radical (unpaired) electrons. The minimum atomic E-state index is -0.777. The molecule has 6 heteroatoms. The lowest BCUT2D eigenvalue weighted by Crippen LogP contribution is -2.30. The van der Waals surface area contributed by atoms with Crippen molar-refractivity contribution in [3.05, 3.63) is 37.0 Å². The number of unbranched alkanes of at least 4 members (excludes halogenated alkanes) is 15. The molecule has 0 spiro atoms. The first kappa shape index (κ1) is 40.6. The van der Waals surface area contributed by atoms with Crippen molar-refractivity contribution in [1.82, 2.24) is 0 Å². The van der Waals surface area contributed by atoms with E-state index in [1.54, 1.807) is 0 Å². The lowest BCUT2D eigenvalue weighted by Gasteiger charge is -2.18. The zero-order chi connectivity index (χ0) is 31.6. The summed E-state index contributed by atoms with van der Waals surface area (Å²) in [6.45, 7) is 7.84. The second-order valence-corrected chi connectivity index (χ2v) is 11.4. The summed E-state index contributed by atoms with van der Waals surface area (Å²) in [6.07, 6.45) is 31.9. The Balaban J connectivity index is 4.39. The number of ether oxygens (including phenoxy) is 3. The minimum absolute atomic E-state index is 0.0871.